The fourth-order valence-corrected chi connectivity index (χ4v) is 4.66. The zero-order chi connectivity index (χ0) is 22.0. The monoisotopic (exact) mass is 533 g/mol. The SMILES string of the molecule is O=C1/C(=C\c2cccc(OCc3ccccc3F)c2)SC(=S)N1c1ccc(Br)c(Cl)c1. The second-order valence-electron chi connectivity index (χ2n) is 6.57. The number of carbonyl (C=O) groups excluding carboxylic acids is 1. The largest absolute Gasteiger partial charge is 0.489 e. The molecule has 0 saturated carbocycles. The highest BCUT2D eigenvalue weighted by molar-refractivity contribution is 9.10. The van der Waals surface area contributed by atoms with Crippen molar-refractivity contribution in [1.82, 2.24) is 0 Å². The van der Waals surface area contributed by atoms with Crippen LogP contribution in [-0.2, 0) is 11.4 Å². The molecule has 1 amide bonds. The molecule has 3 aromatic carbocycles. The van der Waals surface area contributed by atoms with Crippen molar-refractivity contribution < 1.29 is 13.9 Å². The van der Waals surface area contributed by atoms with E-state index < -0.39 is 0 Å². The van der Waals surface area contributed by atoms with Crippen molar-refractivity contribution in [2.45, 2.75) is 6.61 Å². The Kier molecular flexibility index (Phi) is 6.77. The van der Waals surface area contributed by atoms with Crippen molar-refractivity contribution in [3.05, 3.63) is 98.1 Å². The molecule has 0 bridgehead atoms. The third kappa shape index (κ3) is 5.01. The van der Waals surface area contributed by atoms with Gasteiger partial charge in [0, 0.05) is 10.0 Å². The van der Waals surface area contributed by atoms with E-state index in [1.165, 1.54) is 22.7 Å². The highest BCUT2D eigenvalue weighted by atomic mass is 79.9. The van der Waals surface area contributed by atoms with Crippen LogP contribution in [0.2, 0.25) is 5.02 Å². The van der Waals surface area contributed by atoms with Crippen LogP contribution in [0.3, 0.4) is 0 Å². The molecule has 31 heavy (non-hydrogen) atoms. The number of thioether (sulfide) groups is 1. The Morgan fingerprint density at radius 2 is 1.94 bits per heavy atom. The average molecular weight is 535 g/mol. The molecule has 0 radical (unpaired) electrons. The molecule has 0 aromatic heterocycles. The number of amides is 1. The molecule has 1 fully saturated rings. The van der Waals surface area contributed by atoms with E-state index in [-0.39, 0.29) is 18.3 Å². The lowest BCUT2D eigenvalue weighted by Gasteiger charge is -2.15. The van der Waals surface area contributed by atoms with Gasteiger partial charge < -0.3 is 4.74 Å². The quantitative estimate of drug-likeness (QED) is 0.255. The first-order valence-electron chi connectivity index (χ1n) is 9.11. The first kappa shape index (κ1) is 22.0. The topological polar surface area (TPSA) is 29.5 Å². The van der Waals surface area contributed by atoms with Crippen LogP contribution in [0.1, 0.15) is 11.1 Å². The standard InChI is InChI=1S/C23H14BrClFNO2S2/c24-18-9-8-16(12-19(18)25)27-22(28)21(31-23(27)30)11-14-4-3-6-17(10-14)29-13-15-5-1-2-7-20(15)26/h1-12H,13H2/b21-11+. The molecular formula is C23H14BrClFNO2S2. The summed E-state index contributed by atoms with van der Waals surface area (Å²) in [5.74, 6) is 0.0496. The van der Waals surface area contributed by atoms with Crippen LogP contribution in [-0.4, -0.2) is 10.2 Å². The van der Waals surface area contributed by atoms with Gasteiger partial charge in [-0.05, 0) is 64.0 Å². The second kappa shape index (κ2) is 9.53. The van der Waals surface area contributed by atoms with Gasteiger partial charge in [-0.25, -0.2) is 4.39 Å². The summed E-state index contributed by atoms with van der Waals surface area (Å²) in [6.07, 6.45) is 1.76. The molecule has 1 saturated heterocycles. The minimum absolute atomic E-state index is 0.114. The Morgan fingerprint density at radius 3 is 2.71 bits per heavy atom. The minimum atomic E-state index is -0.310. The molecule has 3 nitrogen and oxygen atoms in total. The Morgan fingerprint density at radius 1 is 1.13 bits per heavy atom. The summed E-state index contributed by atoms with van der Waals surface area (Å²) in [6.45, 7) is 0.114. The number of hydrogen-bond acceptors (Lipinski definition) is 4. The summed E-state index contributed by atoms with van der Waals surface area (Å²) in [5, 5.41) is 0.496. The van der Waals surface area contributed by atoms with Gasteiger partial charge in [-0.1, -0.05) is 65.9 Å². The first-order chi connectivity index (χ1) is 14.9. The molecule has 1 aliphatic heterocycles. The number of rotatable bonds is 5. The summed E-state index contributed by atoms with van der Waals surface area (Å²) >= 11 is 16.2. The van der Waals surface area contributed by atoms with Gasteiger partial charge in [-0.2, -0.15) is 0 Å². The van der Waals surface area contributed by atoms with Gasteiger partial charge in [0.15, 0.2) is 4.32 Å². The van der Waals surface area contributed by atoms with Crippen molar-refractivity contribution in [2.24, 2.45) is 0 Å². The number of ether oxygens (including phenoxy) is 1. The third-order valence-corrected chi connectivity index (χ3v) is 7.00. The molecule has 0 spiro atoms. The molecule has 0 aliphatic carbocycles. The molecule has 0 atom stereocenters. The minimum Gasteiger partial charge on any atom is -0.489 e. The highest BCUT2D eigenvalue weighted by Crippen LogP contribution is 2.38. The number of halogens is 3. The zero-order valence-electron chi connectivity index (χ0n) is 15.8. The summed E-state index contributed by atoms with van der Waals surface area (Å²) in [4.78, 5) is 14.9. The maximum absolute atomic E-state index is 13.8. The van der Waals surface area contributed by atoms with E-state index in [2.05, 4.69) is 15.9 Å². The van der Waals surface area contributed by atoms with Crippen molar-refractivity contribution in [1.29, 1.82) is 0 Å². The molecule has 0 N–H and O–H groups in total. The Labute approximate surface area is 202 Å². The van der Waals surface area contributed by atoms with E-state index in [1.54, 1.807) is 54.6 Å². The molecule has 4 rings (SSSR count). The van der Waals surface area contributed by atoms with Crippen molar-refractivity contribution >= 4 is 73.5 Å². The summed E-state index contributed by atoms with van der Waals surface area (Å²) < 4.78 is 20.7. The molecule has 0 unspecified atom stereocenters. The van der Waals surface area contributed by atoms with Crippen molar-refractivity contribution in [3.63, 3.8) is 0 Å². The van der Waals surface area contributed by atoms with Gasteiger partial charge in [-0.3, -0.25) is 9.69 Å². The van der Waals surface area contributed by atoms with Gasteiger partial charge in [0.2, 0.25) is 0 Å². The maximum atomic E-state index is 13.8. The number of hydrogen-bond donors (Lipinski definition) is 0. The van der Waals surface area contributed by atoms with Crippen LogP contribution in [0, 0.1) is 5.82 Å². The zero-order valence-corrected chi connectivity index (χ0v) is 19.8. The van der Waals surface area contributed by atoms with Gasteiger partial charge >= 0.3 is 0 Å². The Bertz CT molecular complexity index is 1220. The van der Waals surface area contributed by atoms with E-state index in [0.29, 0.717) is 31.2 Å². The first-order valence-corrected chi connectivity index (χ1v) is 11.5. The van der Waals surface area contributed by atoms with Crippen LogP contribution in [0.15, 0.2) is 76.1 Å². The summed E-state index contributed by atoms with van der Waals surface area (Å²) in [5.41, 5.74) is 1.86. The van der Waals surface area contributed by atoms with Crippen LogP contribution in [0.5, 0.6) is 5.75 Å². The fraction of sp³-hybridized carbons (Fsp3) is 0.0435. The Balaban J connectivity index is 1.53. The van der Waals surface area contributed by atoms with E-state index in [0.717, 1.165) is 10.0 Å². The summed E-state index contributed by atoms with van der Waals surface area (Å²) in [7, 11) is 0. The predicted octanol–water partition coefficient (Wildman–Crippen LogP) is 7.23. The normalized spacial score (nSPS) is 15.1. The molecule has 1 aliphatic rings. The fourth-order valence-electron chi connectivity index (χ4n) is 2.94. The highest BCUT2D eigenvalue weighted by Gasteiger charge is 2.33. The molecular weight excluding hydrogens is 521 g/mol. The number of benzene rings is 3. The van der Waals surface area contributed by atoms with Crippen LogP contribution in [0.25, 0.3) is 6.08 Å². The molecule has 8 heteroatoms. The predicted molar refractivity (Wildman–Crippen MR) is 132 cm³/mol. The lowest BCUT2D eigenvalue weighted by molar-refractivity contribution is -0.113. The smallest absolute Gasteiger partial charge is 0.270 e. The van der Waals surface area contributed by atoms with E-state index in [9.17, 15) is 9.18 Å². The number of nitrogens with zero attached hydrogens (tertiary/aromatic N) is 1. The summed E-state index contributed by atoms with van der Waals surface area (Å²) in [6, 6.07) is 19.0. The van der Waals surface area contributed by atoms with E-state index >= 15 is 0 Å². The Hall–Kier alpha value is -2.19. The second-order valence-corrected chi connectivity index (χ2v) is 9.51. The lowest BCUT2D eigenvalue weighted by Crippen LogP contribution is -2.27. The van der Waals surface area contributed by atoms with Crippen molar-refractivity contribution in [3.8, 4) is 5.75 Å². The van der Waals surface area contributed by atoms with Gasteiger partial charge in [0.05, 0.1) is 15.6 Å². The lowest BCUT2D eigenvalue weighted by atomic mass is 10.2. The van der Waals surface area contributed by atoms with Crippen LogP contribution >= 0.6 is 51.5 Å². The van der Waals surface area contributed by atoms with Crippen LogP contribution < -0.4 is 9.64 Å². The molecule has 156 valence electrons. The van der Waals surface area contributed by atoms with E-state index in [4.69, 9.17) is 28.6 Å². The van der Waals surface area contributed by atoms with Gasteiger partial charge in [0.25, 0.3) is 5.91 Å². The van der Waals surface area contributed by atoms with E-state index in [1.807, 2.05) is 12.1 Å². The third-order valence-electron chi connectivity index (χ3n) is 4.46. The van der Waals surface area contributed by atoms with Crippen LogP contribution in [0.4, 0.5) is 10.1 Å². The molecule has 3 aromatic rings. The maximum Gasteiger partial charge on any atom is 0.270 e. The number of thiocarbonyl (C=S) groups is 1. The van der Waals surface area contributed by atoms with Gasteiger partial charge in [0.1, 0.15) is 18.2 Å². The average Bonchev–Trinajstić information content (AvgIpc) is 3.03. The van der Waals surface area contributed by atoms with Gasteiger partial charge in [-0.15, -0.1) is 0 Å². The molecule has 1 heterocycles. The number of carbonyl (C=O) groups is 1. The number of anilines is 1. The van der Waals surface area contributed by atoms with Crippen molar-refractivity contribution in [2.75, 3.05) is 4.90 Å².